The fraction of sp³-hybridized carbons (Fsp3) is 0.400. The highest BCUT2D eigenvalue weighted by molar-refractivity contribution is 14.0. The van der Waals surface area contributed by atoms with Crippen molar-refractivity contribution in [1.82, 2.24) is 15.5 Å². The van der Waals surface area contributed by atoms with Crippen LogP contribution in [0.4, 0.5) is 10.1 Å². The van der Waals surface area contributed by atoms with Crippen LogP contribution in [0, 0.1) is 5.82 Å². The fourth-order valence-electron chi connectivity index (χ4n) is 1.54. The molecule has 0 spiro atoms. The smallest absolute Gasteiger partial charge is 0.246 e. The van der Waals surface area contributed by atoms with Gasteiger partial charge in [0.05, 0.1) is 6.54 Å². The third kappa shape index (κ3) is 8.65. The Kier molecular flexibility index (Phi) is 10.7. The summed E-state index contributed by atoms with van der Waals surface area (Å²) in [5, 5.41) is 8.40. The van der Waals surface area contributed by atoms with E-state index in [2.05, 4.69) is 20.9 Å². The quantitative estimate of drug-likeness (QED) is 0.343. The van der Waals surface area contributed by atoms with Crippen molar-refractivity contribution < 1.29 is 14.0 Å². The molecule has 134 valence electrons. The summed E-state index contributed by atoms with van der Waals surface area (Å²) in [6.07, 6.45) is 0. The van der Waals surface area contributed by atoms with E-state index >= 15 is 0 Å². The second-order valence-corrected chi connectivity index (χ2v) is 4.89. The molecule has 0 heterocycles. The zero-order valence-electron chi connectivity index (χ0n) is 13.9. The van der Waals surface area contributed by atoms with Crippen LogP contribution in [0.15, 0.2) is 29.3 Å². The van der Waals surface area contributed by atoms with Crippen molar-refractivity contribution in [1.29, 1.82) is 0 Å². The molecule has 0 radical (unpaired) electrons. The Morgan fingerprint density at radius 2 is 1.79 bits per heavy atom. The summed E-state index contributed by atoms with van der Waals surface area (Å²) < 4.78 is 12.8. The SMILES string of the molecule is CCNC(=NCC(=O)Nc1ccc(F)cc1)NCC(=O)N(C)C.I. The molecule has 7 nitrogen and oxygen atoms in total. The van der Waals surface area contributed by atoms with Crippen LogP contribution in [0.3, 0.4) is 0 Å². The topological polar surface area (TPSA) is 85.8 Å². The number of hydrogen-bond acceptors (Lipinski definition) is 3. The van der Waals surface area contributed by atoms with Crippen LogP contribution in [0.5, 0.6) is 0 Å². The third-order valence-corrected chi connectivity index (χ3v) is 2.76. The normalized spacial score (nSPS) is 10.4. The third-order valence-electron chi connectivity index (χ3n) is 2.76. The van der Waals surface area contributed by atoms with Crippen molar-refractivity contribution in [2.45, 2.75) is 6.92 Å². The average Bonchev–Trinajstić information content (AvgIpc) is 2.51. The largest absolute Gasteiger partial charge is 0.357 e. The molecule has 0 bridgehead atoms. The van der Waals surface area contributed by atoms with Crippen LogP contribution in [-0.2, 0) is 9.59 Å². The molecule has 0 atom stereocenters. The van der Waals surface area contributed by atoms with Crippen molar-refractivity contribution in [3.05, 3.63) is 30.1 Å². The first-order chi connectivity index (χ1) is 10.9. The van der Waals surface area contributed by atoms with Crippen molar-refractivity contribution in [3.63, 3.8) is 0 Å². The molecule has 0 aliphatic carbocycles. The Morgan fingerprint density at radius 3 is 2.33 bits per heavy atom. The van der Waals surface area contributed by atoms with Crippen molar-refractivity contribution >= 4 is 47.4 Å². The van der Waals surface area contributed by atoms with Gasteiger partial charge in [0, 0.05) is 26.3 Å². The number of carbonyl (C=O) groups is 2. The molecule has 3 N–H and O–H groups in total. The minimum Gasteiger partial charge on any atom is -0.357 e. The van der Waals surface area contributed by atoms with Gasteiger partial charge in [-0.15, -0.1) is 24.0 Å². The molecule has 0 aliphatic rings. The van der Waals surface area contributed by atoms with Gasteiger partial charge < -0.3 is 20.9 Å². The number of benzene rings is 1. The highest BCUT2D eigenvalue weighted by atomic mass is 127. The van der Waals surface area contributed by atoms with Crippen LogP contribution in [0.2, 0.25) is 0 Å². The van der Waals surface area contributed by atoms with Crippen LogP contribution in [0.1, 0.15) is 6.92 Å². The van der Waals surface area contributed by atoms with Crippen molar-refractivity contribution in [2.75, 3.05) is 39.0 Å². The number of amides is 2. The van der Waals surface area contributed by atoms with E-state index < -0.39 is 0 Å². The van der Waals surface area contributed by atoms with Gasteiger partial charge in [-0.2, -0.15) is 0 Å². The summed E-state index contributed by atoms with van der Waals surface area (Å²) in [5.41, 5.74) is 0.493. The number of likely N-dealkylation sites (N-methyl/N-ethyl adjacent to an activating group) is 1. The number of nitrogens with one attached hydrogen (secondary N) is 3. The Hall–Kier alpha value is -1.91. The first-order valence-corrected chi connectivity index (χ1v) is 7.20. The first kappa shape index (κ1) is 22.1. The lowest BCUT2D eigenvalue weighted by Gasteiger charge is -2.14. The Morgan fingerprint density at radius 1 is 1.17 bits per heavy atom. The van der Waals surface area contributed by atoms with Gasteiger partial charge in [0.1, 0.15) is 12.4 Å². The van der Waals surface area contributed by atoms with E-state index in [4.69, 9.17) is 0 Å². The number of nitrogens with zero attached hydrogens (tertiary/aromatic N) is 2. The molecule has 0 unspecified atom stereocenters. The summed E-state index contributed by atoms with van der Waals surface area (Å²) in [7, 11) is 3.31. The molecule has 1 rings (SSSR count). The van der Waals surface area contributed by atoms with Crippen LogP contribution in [0.25, 0.3) is 0 Å². The van der Waals surface area contributed by atoms with Crippen molar-refractivity contribution in [2.24, 2.45) is 4.99 Å². The molecule has 1 aromatic rings. The second kappa shape index (κ2) is 11.6. The minimum absolute atomic E-state index is 0. The molecule has 2 amide bonds. The number of halogens is 2. The lowest BCUT2D eigenvalue weighted by molar-refractivity contribution is -0.127. The lowest BCUT2D eigenvalue weighted by Crippen LogP contribution is -2.43. The van der Waals surface area contributed by atoms with E-state index in [9.17, 15) is 14.0 Å². The number of guanidine groups is 1. The molecule has 0 fully saturated rings. The molecule has 24 heavy (non-hydrogen) atoms. The van der Waals surface area contributed by atoms with E-state index in [-0.39, 0.29) is 54.7 Å². The molecule has 9 heteroatoms. The highest BCUT2D eigenvalue weighted by Crippen LogP contribution is 2.07. The lowest BCUT2D eigenvalue weighted by atomic mass is 10.3. The van der Waals surface area contributed by atoms with Crippen LogP contribution in [-0.4, -0.2) is 56.4 Å². The summed E-state index contributed by atoms with van der Waals surface area (Å²) in [5.74, 6) is -0.443. The van der Waals surface area contributed by atoms with E-state index in [0.29, 0.717) is 18.2 Å². The Bertz CT molecular complexity index is 563. The molecule has 0 aliphatic heterocycles. The molecular formula is C15H23FIN5O2. The summed E-state index contributed by atoms with van der Waals surface area (Å²) >= 11 is 0. The zero-order chi connectivity index (χ0) is 17.2. The van der Waals surface area contributed by atoms with Gasteiger partial charge in [-0.3, -0.25) is 9.59 Å². The maximum atomic E-state index is 12.8. The van der Waals surface area contributed by atoms with Gasteiger partial charge in [0.2, 0.25) is 11.8 Å². The van der Waals surface area contributed by atoms with E-state index in [0.717, 1.165) is 0 Å². The molecule has 1 aromatic carbocycles. The standard InChI is InChI=1S/C15H22FN5O2.HI/c1-4-17-15(19-10-14(23)21(2)3)18-9-13(22)20-12-7-5-11(16)6-8-12;/h5-8H,4,9-10H2,1-3H3,(H,20,22)(H2,17,18,19);1H. The van der Waals surface area contributed by atoms with E-state index in [1.807, 2.05) is 6.92 Å². The number of hydrogen-bond donors (Lipinski definition) is 3. The van der Waals surface area contributed by atoms with Gasteiger partial charge in [-0.1, -0.05) is 0 Å². The predicted octanol–water partition coefficient (Wildman–Crippen LogP) is 1.03. The van der Waals surface area contributed by atoms with Crippen molar-refractivity contribution in [3.8, 4) is 0 Å². The highest BCUT2D eigenvalue weighted by Gasteiger charge is 2.06. The van der Waals surface area contributed by atoms with Crippen LogP contribution >= 0.6 is 24.0 Å². The number of rotatable bonds is 6. The predicted molar refractivity (Wildman–Crippen MR) is 103 cm³/mol. The number of carbonyl (C=O) groups excluding carboxylic acids is 2. The summed E-state index contributed by atoms with van der Waals surface area (Å²) in [6, 6.07) is 5.46. The van der Waals surface area contributed by atoms with Crippen LogP contribution < -0.4 is 16.0 Å². The summed E-state index contributed by atoms with van der Waals surface area (Å²) in [6.45, 7) is 2.44. The molecule has 0 saturated carbocycles. The Balaban J connectivity index is 0.00000529. The molecule has 0 saturated heterocycles. The Labute approximate surface area is 158 Å². The van der Waals surface area contributed by atoms with Gasteiger partial charge in [0.25, 0.3) is 0 Å². The van der Waals surface area contributed by atoms with E-state index in [1.165, 1.54) is 29.2 Å². The first-order valence-electron chi connectivity index (χ1n) is 7.20. The maximum absolute atomic E-state index is 12.8. The second-order valence-electron chi connectivity index (χ2n) is 4.89. The summed E-state index contributed by atoms with van der Waals surface area (Å²) in [4.78, 5) is 28.9. The minimum atomic E-state index is -0.370. The maximum Gasteiger partial charge on any atom is 0.246 e. The fourth-order valence-corrected chi connectivity index (χ4v) is 1.54. The average molecular weight is 451 g/mol. The molecular weight excluding hydrogens is 428 g/mol. The zero-order valence-corrected chi connectivity index (χ0v) is 16.3. The van der Waals surface area contributed by atoms with E-state index in [1.54, 1.807) is 14.1 Å². The van der Waals surface area contributed by atoms with Gasteiger partial charge in [-0.25, -0.2) is 9.38 Å². The number of aliphatic imine (C=N–C) groups is 1. The van der Waals surface area contributed by atoms with Gasteiger partial charge in [-0.05, 0) is 31.2 Å². The monoisotopic (exact) mass is 451 g/mol. The molecule has 0 aromatic heterocycles. The van der Waals surface area contributed by atoms with Gasteiger partial charge in [0.15, 0.2) is 5.96 Å². The van der Waals surface area contributed by atoms with Gasteiger partial charge >= 0.3 is 0 Å². The number of anilines is 1.